The minimum atomic E-state index is -0.188. The number of likely N-dealkylation sites (tertiary alicyclic amines) is 1. The summed E-state index contributed by atoms with van der Waals surface area (Å²) in [4.78, 5) is 31.4. The Balaban J connectivity index is 1.68. The van der Waals surface area contributed by atoms with Crippen molar-refractivity contribution in [2.45, 2.75) is 17.9 Å². The fraction of sp³-hybridized carbons (Fsp3) is 0.316. The summed E-state index contributed by atoms with van der Waals surface area (Å²) in [5.74, 6) is -0.262. The molecule has 2 amide bonds. The molecule has 1 N–H and O–H groups in total. The van der Waals surface area contributed by atoms with Gasteiger partial charge in [-0.15, -0.1) is 11.8 Å². The van der Waals surface area contributed by atoms with Crippen LogP contribution >= 0.6 is 11.8 Å². The van der Waals surface area contributed by atoms with Gasteiger partial charge >= 0.3 is 0 Å². The molecule has 5 nitrogen and oxygen atoms in total. The fourth-order valence-corrected chi connectivity index (χ4v) is 3.57. The number of rotatable bonds is 4. The van der Waals surface area contributed by atoms with E-state index in [1.54, 1.807) is 23.2 Å². The standard InChI is InChI=1S/C19H21N3O2S/c1-25-18-16(10-5-11-20-18)19(24)22-12-6-7-14(13-22)17(23)21-15-8-3-2-4-9-15/h2-5,8-11,14H,6-7,12-13H2,1H3,(H,21,23). The molecular weight excluding hydrogens is 334 g/mol. The number of benzene rings is 1. The van der Waals surface area contributed by atoms with E-state index in [9.17, 15) is 9.59 Å². The third-order valence-electron chi connectivity index (χ3n) is 4.32. The van der Waals surface area contributed by atoms with Crippen molar-refractivity contribution in [2.75, 3.05) is 24.7 Å². The summed E-state index contributed by atoms with van der Waals surface area (Å²) in [7, 11) is 0. The Morgan fingerprint density at radius 1 is 1.20 bits per heavy atom. The highest BCUT2D eigenvalue weighted by Gasteiger charge is 2.29. The summed E-state index contributed by atoms with van der Waals surface area (Å²) in [6.07, 6.45) is 5.22. The molecule has 1 fully saturated rings. The second-order valence-electron chi connectivity index (χ2n) is 6.01. The first-order chi connectivity index (χ1) is 12.2. The lowest BCUT2D eigenvalue weighted by Crippen LogP contribution is -2.44. The molecule has 1 aliphatic heterocycles. The molecule has 1 aromatic carbocycles. The van der Waals surface area contributed by atoms with E-state index in [0.717, 1.165) is 23.6 Å². The summed E-state index contributed by atoms with van der Waals surface area (Å²) < 4.78 is 0. The number of amides is 2. The summed E-state index contributed by atoms with van der Waals surface area (Å²) in [5.41, 5.74) is 1.40. The number of aromatic nitrogens is 1. The third-order valence-corrected chi connectivity index (χ3v) is 5.03. The molecule has 1 atom stereocenters. The van der Waals surface area contributed by atoms with Crippen LogP contribution in [0.25, 0.3) is 0 Å². The Hall–Kier alpha value is -2.34. The second kappa shape index (κ2) is 8.16. The van der Waals surface area contributed by atoms with Crippen molar-refractivity contribution in [3.05, 3.63) is 54.2 Å². The topological polar surface area (TPSA) is 62.3 Å². The first kappa shape index (κ1) is 17.5. The number of hydrogen-bond donors (Lipinski definition) is 1. The van der Waals surface area contributed by atoms with E-state index in [4.69, 9.17) is 0 Å². The maximum Gasteiger partial charge on any atom is 0.256 e. The number of piperidine rings is 1. The zero-order valence-corrected chi connectivity index (χ0v) is 15.0. The van der Waals surface area contributed by atoms with Crippen LogP contribution in [0.1, 0.15) is 23.2 Å². The Kier molecular flexibility index (Phi) is 5.71. The predicted octanol–water partition coefficient (Wildman–Crippen LogP) is 3.29. The van der Waals surface area contributed by atoms with Crippen molar-refractivity contribution in [3.63, 3.8) is 0 Å². The van der Waals surface area contributed by atoms with Crippen molar-refractivity contribution in [1.29, 1.82) is 0 Å². The van der Waals surface area contributed by atoms with E-state index < -0.39 is 0 Å². The average molecular weight is 355 g/mol. The number of hydrogen-bond acceptors (Lipinski definition) is 4. The quantitative estimate of drug-likeness (QED) is 0.855. The van der Waals surface area contributed by atoms with Gasteiger partial charge in [0.1, 0.15) is 5.03 Å². The van der Waals surface area contributed by atoms with Crippen molar-refractivity contribution >= 4 is 29.3 Å². The van der Waals surface area contributed by atoms with E-state index in [-0.39, 0.29) is 17.7 Å². The molecule has 1 saturated heterocycles. The minimum Gasteiger partial charge on any atom is -0.338 e. The molecule has 2 aromatic rings. The molecule has 25 heavy (non-hydrogen) atoms. The molecule has 0 radical (unpaired) electrons. The zero-order chi connectivity index (χ0) is 17.6. The smallest absolute Gasteiger partial charge is 0.256 e. The number of carbonyl (C=O) groups is 2. The van der Waals surface area contributed by atoms with Gasteiger partial charge in [0.2, 0.25) is 5.91 Å². The van der Waals surface area contributed by atoms with Gasteiger partial charge in [0.15, 0.2) is 0 Å². The SMILES string of the molecule is CSc1ncccc1C(=O)N1CCCC(C(=O)Nc2ccccc2)C1. The summed E-state index contributed by atoms with van der Waals surface area (Å²) in [6, 6.07) is 13.0. The molecular formula is C19H21N3O2S. The number of para-hydroxylation sites is 1. The first-order valence-electron chi connectivity index (χ1n) is 8.33. The summed E-state index contributed by atoms with van der Waals surface area (Å²) in [6.45, 7) is 1.12. The molecule has 0 aliphatic carbocycles. The average Bonchev–Trinajstić information content (AvgIpc) is 2.68. The highest BCUT2D eigenvalue weighted by Crippen LogP contribution is 2.23. The summed E-state index contributed by atoms with van der Waals surface area (Å²) in [5, 5.41) is 3.67. The lowest BCUT2D eigenvalue weighted by Gasteiger charge is -2.32. The number of nitrogens with zero attached hydrogens (tertiary/aromatic N) is 2. The molecule has 3 rings (SSSR count). The number of nitrogens with one attached hydrogen (secondary N) is 1. The molecule has 6 heteroatoms. The molecule has 1 aromatic heterocycles. The van der Waals surface area contributed by atoms with Gasteiger partial charge in [0.05, 0.1) is 11.5 Å². The maximum atomic E-state index is 12.8. The Morgan fingerprint density at radius 2 is 2.00 bits per heavy atom. The zero-order valence-electron chi connectivity index (χ0n) is 14.1. The van der Waals surface area contributed by atoms with Crippen LogP contribution in [0.4, 0.5) is 5.69 Å². The van der Waals surface area contributed by atoms with Gasteiger partial charge in [-0.2, -0.15) is 0 Å². The maximum absolute atomic E-state index is 12.8. The molecule has 2 heterocycles. The van der Waals surface area contributed by atoms with Crippen LogP contribution in [0.15, 0.2) is 53.7 Å². The Labute approximate surface area is 151 Å². The second-order valence-corrected chi connectivity index (χ2v) is 6.80. The summed E-state index contributed by atoms with van der Waals surface area (Å²) >= 11 is 1.46. The van der Waals surface area contributed by atoms with Crippen LogP contribution in [-0.2, 0) is 4.79 Å². The molecule has 1 aliphatic rings. The highest BCUT2D eigenvalue weighted by atomic mass is 32.2. The van der Waals surface area contributed by atoms with Crippen LogP contribution < -0.4 is 5.32 Å². The molecule has 0 spiro atoms. The van der Waals surface area contributed by atoms with Crippen molar-refractivity contribution in [1.82, 2.24) is 9.88 Å². The number of thioether (sulfide) groups is 1. The molecule has 130 valence electrons. The van der Waals surface area contributed by atoms with Gasteiger partial charge in [-0.05, 0) is 43.4 Å². The Bertz CT molecular complexity index is 751. The van der Waals surface area contributed by atoms with Crippen LogP contribution in [0.5, 0.6) is 0 Å². The molecule has 0 bridgehead atoms. The van der Waals surface area contributed by atoms with Crippen molar-refractivity contribution in [2.24, 2.45) is 5.92 Å². The number of pyridine rings is 1. The van der Waals surface area contributed by atoms with Gasteiger partial charge in [0, 0.05) is 25.0 Å². The van der Waals surface area contributed by atoms with Gasteiger partial charge in [0.25, 0.3) is 5.91 Å². The van der Waals surface area contributed by atoms with Crippen LogP contribution in [0, 0.1) is 5.92 Å². The van der Waals surface area contributed by atoms with E-state index in [2.05, 4.69) is 10.3 Å². The Morgan fingerprint density at radius 3 is 2.76 bits per heavy atom. The van der Waals surface area contributed by atoms with E-state index in [1.807, 2.05) is 36.6 Å². The van der Waals surface area contributed by atoms with E-state index >= 15 is 0 Å². The van der Waals surface area contributed by atoms with Crippen molar-refractivity contribution in [3.8, 4) is 0 Å². The lowest BCUT2D eigenvalue weighted by atomic mass is 9.96. The van der Waals surface area contributed by atoms with Crippen LogP contribution in [-0.4, -0.2) is 41.0 Å². The number of carbonyl (C=O) groups excluding carboxylic acids is 2. The van der Waals surface area contributed by atoms with E-state index in [1.165, 1.54) is 11.8 Å². The molecule has 1 unspecified atom stereocenters. The van der Waals surface area contributed by atoms with Crippen molar-refractivity contribution < 1.29 is 9.59 Å². The van der Waals surface area contributed by atoms with E-state index in [0.29, 0.717) is 18.7 Å². The minimum absolute atomic E-state index is 0.0278. The largest absolute Gasteiger partial charge is 0.338 e. The van der Waals surface area contributed by atoms with Crippen LogP contribution in [0.3, 0.4) is 0 Å². The van der Waals surface area contributed by atoms with Crippen LogP contribution in [0.2, 0.25) is 0 Å². The normalized spacial score (nSPS) is 17.2. The lowest BCUT2D eigenvalue weighted by molar-refractivity contribution is -0.121. The van der Waals surface area contributed by atoms with Gasteiger partial charge in [-0.25, -0.2) is 4.98 Å². The highest BCUT2D eigenvalue weighted by molar-refractivity contribution is 7.98. The monoisotopic (exact) mass is 355 g/mol. The molecule has 0 saturated carbocycles. The third kappa shape index (κ3) is 4.20. The predicted molar refractivity (Wildman–Crippen MR) is 99.7 cm³/mol. The van der Waals surface area contributed by atoms with Gasteiger partial charge in [-0.3, -0.25) is 9.59 Å². The van der Waals surface area contributed by atoms with Gasteiger partial charge in [-0.1, -0.05) is 18.2 Å². The van der Waals surface area contributed by atoms with Gasteiger partial charge < -0.3 is 10.2 Å². The fourth-order valence-electron chi connectivity index (χ4n) is 3.03. The first-order valence-corrected chi connectivity index (χ1v) is 9.55. The number of anilines is 1.